The van der Waals surface area contributed by atoms with Crippen LogP contribution in [0.15, 0.2) is 66.9 Å². The van der Waals surface area contributed by atoms with Crippen molar-refractivity contribution in [3.63, 3.8) is 0 Å². The van der Waals surface area contributed by atoms with Crippen LogP contribution in [-0.4, -0.2) is 17.0 Å². The largest absolute Gasteiger partial charge is 0.491 e. The van der Waals surface area contributed by atoms with Crippen molar-refractivity contribution in [3.8, 4) is 5.75 Å². The molecule has 138 valence electrons. The number of nitrogens with zero attached hydrogens (tertiary/aromatic N) is 1. The summed E-state index contributed by atoms with van der Waals surface area (Å²) in [6.07, 6.45) is 1.64. The summed E-state index contributed by atoms with van der Waals surface area (Å²) >= 11 is 5.87. The van der Waals surface area contributed by atoms with Gasteiger partial charge in [-0.25, -0.2) is 4.98 Å². The van der Waals surface area contributed by atoms with Gasteiger partial charge in [0, 0.05) is 22.6 Å². The highest BCUT2D eigenvalue weighted by atomic mass is 35.5. The van der Waals surface area contributed by atoms with Gasteiger partial charge in [0.05, 0.1) is 11.7 Å². The third-order valence-electron chi connectivity index (χ3n) is 3.63. The molecule has 3 rings (SSSR count). The Morgan fingerprint density at radius 3 is 2.22 bits per heavy atom. The molecule has 1 heterocycles. The van der Waals surface area contributed by atoms with Crippen LogP contribution in [0.5, 0.6) is 5.75 Å². The Morgan fingerprint density at radius 2 is 1.63 bits per heavy atom. The molecule has 1 amide bonds. The molecular formula is C21H20ClN3O2. The summed E-state index contributed by atoms with van der Waals surface area (Å²) in [4.78, 5) is 16.6. The summed E-state index contributed by atoms with van der Waals surface area (Å²) in [5.41, 5.74) is 2.03. The highest BCUT2D eigenvalue weighted by Gasteiger charge is 2.07. The Morgan fingerprint density at radius 1 is 0.963 bits per heavy atom. The van der Waals surface area contributed by atoms with Gasteiger partial charge in [0.1, 0.15) is 11.6 Å². The van der Waals surface area contributed by atoms with E-state index in [1.807, 2.05) is 38.1 Å². The van der Waals surface area contributed by atoms with Crippen LogP contribution in [0.4, 0.5) is 17.2 Å². The minimum absolute atomic E-state index is 0.108. The van der Waals surface area contributed by atoms with Crippen molar-refractivity contribution in [3.05, 3.63) is 77.4 Å². The zero-order valence-corrected chi connectivity index (χ0v) is 15.8. The molecule has 3 aromatic rings. The molecule has 0 spiro atoms. The zero-order chi connectivity index (χ0) is 19.2. The predicted molar refractivity (Wildman–Crippen MR) is 109 cm³/mol. The van der Waals surface area contributed by atoms with E-state index < -0.39 is 0 Å². The molecule has 6 heteroatoms. The van der Waals surface area contributed by atoms with Crippen LogP contribution in [-0.2, 0) is 0 Å². The van der Waals surface area contributed by atoms with E-state index in [0.29, 0.717) is 22.1 Å². The average Bonchev–Trinajstić information content (AvgIpc) is 2.65. The number of carbonyl (C=O) groups excluding carboxylic acids is 1. The van der Waals surface area contributed by atoms with Crippen LogP contribution < -0.4 is 15.4 Å². The maximum atomic E-state index is 12.4. The Hall–Kier alpha value is -3.05. The van der Waals surface area contributed by atoms with Crippen LogP contribution in [0.2, 0.25) is 5.02 Å². The molecule has 0 saturated heterocycles. The van der Waals surface area contributed by atoms with E-state index in [0.717, 1.165) is 11.4 Å². The van der Waals surface area contributed by atoms with E-state index in [1.165, 1.54) is 6.20 Å². The van der Waals surface area contributed by atoms with Crippen molar-refractivity contribution in [2.24, 2.45) is 0 Å². The van der Waals surface area contributed by atoms with E-state index in [1.54, 1.807) is 36.4 Å². The molecule has 0 aliphatic heterocycles. The quantitative estimate of drug-likeness (QED) is 0.590. The number of hydrogen-bond acceptors (Lipinski definition) is 4. The van der Waals surface area contributed by atoms with Crippen LogP contribution in [0.3, 0.4) is 0 Å². The number of rotatable bonds is 6. The number of aromatic nitrogens is 1. The van der Waals surface area contributed by atoms with E-state index in [-0.39, 0.29) is 12.0 Å². The maximum Gasteiger partial charge on any atom is 0.257 e. The first kappa shape index (κ1) is 18.7. The van der Waals surface area contributed by atoms with E-state index in [9.17, 15) is 4.79 Å². The summed E-state index contributed by atoms with van der Waals surface area (Å²) in [6, 6.07) is 18.0. The van der Waals surface area contributed by atoms with Gasteiger partial charge in [-0.3, -0.25) is 4.79 Å². The first-order valence-corrected chi connectivity index (χ1v) is 8.94. The Kier molecular flexibility index (Phi) is 5.94. The van der Waals surface area contributed by atoms with Gasteiger partial charge in [0.15, 0.2) is 0 Å². The highest BCUT2D eigenvalue weighted by Crippen LogP contribution is 2.19. The number of hydrogen-bond donors (Lipinski definition) is 2. The molecule has 0 radical (unpaired) electrons. The number of amides is 1. The standard InChI is InChI=1S/C21H20ClN3O2/c1-14(2)27-19-10-8-18(9-11-19)25-21(26)15-3-12-20(23-13-15)24-17-6-4-16(22)5-7-17/h3-14H,1-2H3,(H,23,24)(H,25,26). The fourth-order valence-electron chi connectivity index (χ4n) is 2.38. The normalized spacial score (nSPS) is 10.5. The summed E-state index contributed by atoms with van der Waals surface area (Å²) < 4.78 is 5.59. The summed E-state index contributed by atoms with van der Waals surface area (Å²) in [6.45, 7) is 3.93. The lowest BCUT2D eigenvalue weighted by atomic mass is 10.2. The molecule has 0 unspecified atom stereocenters. The van der Waals surface area contributed by atoms with Crippen LogP contribution in [0.1, 0.15) is 24.2 Å². The van der Waals surface area contributed by atoms with Crippen LogP contribution in [0.25, 0.3) is 0 Å². The lowest BCUT2D eigenvalue weighted by Crippen LogP contribution is -2.12. The van der Waals surface area contributed by atoms with E-state index in [4.69, 9.17) is 16.3 Å². The van der Waals surface area contributed by atoms with Crippen LogP contribution in [0, 0.1) is 0 Å². The maximum absolute atomic E-state index is 12.4. The minimum Gasteiger partial charge on any atom is -0.491 e. The Bertz CT molecular complexity index is 892. The number of anilines is 3. The van der Waals surface area contributed by atoms with Crippen molar-refractivity contribution >= 4 is 34.7 Å². The fraction of sp³-hybridized carbons (Fsp3) is 0.143. The second-order valence-corrected chi connectivity index (χ2v) is 6.65. The second kappa shape index (κ2) is 8.56. The molecule has 0 fully saturated rings. The molecule has 2 N–H and O–H groups in total. The molecule has 5 nitrogen and oxygen atoms in total. The van der Waals surface area contributed by atoms with Crippen molar-refractivity contribution in [2.75, 3.05) is 10.6 Å². The van der Waals surface area contributed by atoms with Gasteiger partial charge in [-0.1, -0.05) is 11.6 Å². The molecule has 0 bridgehead atoms. The molecule has 0 atom stereocenters. The topological polar surface area (TPSA) is 63.2 Å². The number of benzene rings is 2. The third kappa shape index (κ3) is 5.46. The number of carbonyl (C=O) groups is 1. The van der Waals surface area contributed by atoms with Gasteiger partial charge in [-0.2, -0.15) is 0 Å². The highest BCUT2D eigenvalue weighted by molar-refractivity contribution is 6.30. The summed E-state index contributed by atoms with van der Waals surface area (Å²) in [5.74, 6) is 1.18. The first-order chi connectivity index (χ1) is 13.0. The summed E-state index contributed by atoms with van der Waals surface area (Å²) in [7, 11) is 0. The predicted octanol–water partition coefficient (Wildman–Crippen LogP) is 5.52. The second-order valence-electron chi connectivity index (χ2n) is 6.21. The van der Waals surface area contributed by atoms with Crippen molar-refractivity contribution in [1.29, 1.82) is 0 Å². The number of halogens is 1. The molecule has 0 aliphatic carbocycles. The first-order valence-electron chi connectivity index (χ1n) is 8.56. The molecule has 0 saturated carbocycles. The lowest BCUT2D eigenvalue weighted by molar-refractivity contribution is 0.102. The fourth-order valence-corrected chi connectivity index (χ4v) is 2.50. The average molecular weight is 382 g/mol. The van der Waals surface area contributed by atoms with Crippen molar-refractivity contribution in [2.45, 2.75) is 20.0 Å². The van der Waals surface area contributed by atoms with Gasteiger partial charge >= 0.3 is 0 Å². The van der Waals surface area contributed by atoms with Gasteiger partial charge in [0.25, 0.3) is 5.91 Å². The number of ether oxygens (including phenoxy) is 1. The Balaban J connectivity index is 1.60. The molecular weight excluding hydrogens is 362 g/mol. The van der Waals surface area contributed by atoms with Crippen LogP contribution >= 0.6 is 11.6 Å². The van der Waals surface area contributed by atoms with Gasteiger partial charge in [0.2, 0.25) is 0 Å². The molecule has 1 aromatic heterocycles. The Labute approximate surface area is 163 Å². The number of nitrogens with one attached hydrogen (secondary N) is 2. The van der Waals surface area contributed by atoms with Gasteiger partial charge < -0.3 is 15.4 Å². The monoisotopic (exact) mass is 381 g/mol. The van der Waals surface area contributed by atoms with E-state index >= 15 is 0 Å². The van der Waals surface area contributed by atoms with Crippen molar-refractivity contribution in [1.82, 2.24) is 4.98 Å². The summed E-state index contributed by atoms with van der Waals surface area (Å²) in [5, 5.41) is 6.67. The third-order valence-corrected chi connectivity index (χ3v) is 3.88. The SMILES string of the molecule is CC(C)Oc1ccc(NC(=O)c2ccc(Nc3ccc(Cl)cc3)nc2)cc1. The van der Waals surface area contributed by atoms with Gasteiger partial charge in [-0.15, -0.1) is 0 Å². The van der Waals surface area contributed by atoms with E-state index in [2.05, 4.69) is 15.6 Å². The van der Waals surface area contributed by atoms with Gasteiger partial charge in [-0.05, 0) is 74.5 Å². The minimum atomic E-state index is -0.224. The molecule has 27 heavy (non-hydrogen) atoms. The molecule has 2 aromatic carbocycles. The zero-order valence-electron chi connectivity index (χ0n) is 15.1. The number of pyridine rings is 1. The smallest absolute Gasteiger partial charge is 0.257 e. The lowest BCUT2D eigenvalue weighted by Gasteiger charge is -2.11. The van der Waals surface area contributed by atoms with Crippen molar-refractivity contribution < 1.29 is 9.53 Å². The molecule has 0 aliphatic rings.